The predicted octanol–water partition coefficient (Wildman–Crippen LogP) is 3.27. The molecule has 5 nitrogen and oxygen atoms in total. The number of carbonyl (C=O) groups is 2. The van der Waals surface area contributed by atoms with Crippen molar-refractivity contribution in [2.75, 3.05) is 34.2 Å². The number of nitrogens with one attached hydrogen (secondary N) is 1. The average Bonchev–Trinajstić information content (AvgIpc) is 2.49. The van der Waals surface area contributed by atoms with Crippen molar-refractivity contribution in [1.29, 1.82) is 0 Å². The molecule has 0 heterocycles. The monoisotopic (exact) mass is 343 g/mol. The van der Waals surface area contributed by atoms with E-state index in [0.717, 1.165) is 30.3 Å². The molecule has 142 valence electrons. The molecular weight excluding hydrogens is 304 g/mol. The van der Waals surface area contributed by atoms with Crippen LogP contribution < -0.4 is 5.32 Å². The van der Waals surface area contributed by atoms with Gasteiger partial charge >= 0.3 is 5.97 Å². The first-order valence-electron chi connectivity index (χ1n) is 9.54. The van der Waals surface area contributed by atoms with Crippen molar-refractivity contribution in [3.63, 3.8) is 0 Å². The highest BCUT2D eigenvalue weighted by molar-refractivity contribution is 5.83. The Labute approximate surface area is 148 Å². The first-order chi connectivity index (χ1) is 11.3. The standard InChI is InChI=1S/C19H38N2O3/c1-6-7-8-9-10-11-12-14-18(22)24-17(2)19(23)20-15-13-16-21(3,4)5/h17H,6-16H2,1-5H3/p+1. The van der Waals surface area contributed by atoms with Gasteiger partial charge < -0.3 is 14.5 Å². The quantitative estimate of drug-likeness (QED) is 0.299. The number of rotatable bonds is 14. The van der Waals surface area contributed by atoms with Gasteiger partial charge in [0.25, 0.3) is 5.91 Å². The Morgan fingerprint density at radius 3 is 2.12 bits per heavy atom. The van der Waals surface area contributed by atoms with Crippen molar-refractivity contribution in [2.45, 2.75) is 77.7 Å². The van der Waals surface area contributed by atoms with E-state index in [1.54, 1.807) is 6.92 Å². The second kappa shape index (κ2) is 13.2. The van der Waals surface area contributed by atoms with Gasteiger partial charge in [-0.05, 0) is 13.3 Å². The summed E-state index contributed by atoms with van der Waals surface area (Å²) in [4.78, 5) is 23.6. The summed E-state index contributed by atoms with van der Waals surface area (Å²) < 4.78 is 6.07. The third-order valence-electron chi connectivity index (χ3n) is 3.97. The predicted molar refractivity (Wildman–Crippen MR) is 98.7 cm³/mol. The van der Waals surface area contributed by atoms with Crippen LogP contribution in [0.25, 0.3) is 0 Å². The van der Waals surface area contributed by atoms with Gasteiger partial charge in [0.1, 0.15) is 0 Å². The zero-order valence-corrected chi connectivity index (χ0v) is 16.5. The van der Waals surface area contributed by atoms with Crippen LogP contribution in [0.5, 0.6) is 0 Å². The number of unbranched alkanes of at least 4 members (excludes halogenated alkanes) is 6. The number of hydrogen-bond donors (Lipinski definition) is 1. The highest BCUT2D eigenvalue weighted by Gasteiger charge is 2.17. The van der Waals surface area contributed by atoms with Gasteiger partial charge in [0.05, 0.1) is 27.7 Å². The summed E-state index contributed by atoms with van der Waals surface area (Å²) in [5.41, 5.74) is 0. The Hall–Kier alpha value is -1.10. The lowest BCUT2D eigenvalue weighted by atomic mass is 10.1. The lowest BCUT2D eigenvalue weighted by molar-refractivity contribution is -0.870. The van der Waals surface area contributed by atoms with E-state index in [9.17, 15) is 9.59 Å². The number of ether oxygens (including phenoxy) is 1. The van der Waals surface area contributed by atoms with Gasteiger partial charge in [-0.3, -0.25) is 9.59 Å². The molecule has 0 rings (SSSR count). The number of quaternary nitrogens is 1. The number of nitrogens with zero attached hydrogens (tertiary/aromatic N) is 1. The smallest absolute Gasteiger partial charge is 0.306 e. The van der Waals surface area contributed by atoms with Crippen LogP contribution in [-0.2, 0) is 14.3 Å². The zero-order chi connectivity index (χ0) is 18.4. The summed E-state index contributed by atoms with van der Waals surface area (Å²) in [6.07, 6.45) is 8.78. The van der Waals surface area contributed by atoms with Crippen molar-refractivity contribution < 1.29 is 18.8 Å². The molecule has 1 amide bonds. The molecule has 0 radical (unpaired) electrons. The second-order valence-corrected chi connectivity index (χ2v) is 7.66. The Kier molecular flexibility index (Phi) is 12.6. The Morgan fingerprint density at radius 2 is 1.54 bits per heavy atom. The van der Waals surface area contributed by atoms with Gasteiger partial charge in [-0.25, -0.2) is 0 Å². The van der Waals surface area contributed by atoms with Gasteiger partial charge in [-0.15, -0.1) is 0 Å². The molecule has 0 aromatic rings. The molecule has 0 aromatic carbocycles. The Bertz CT molecular complexity index is 351. The molecule has 0 aliphatic carbocycles. The Balaban J connectivity index is 3.67. The van der Waals surface area contributed by atoms with E-state index in [0.29, 0.717) is 13.0 Å². The maximum atomic E-state index is 11.9. The van der Waals surface area contributed by atoms with E-state index in [4.69, 9.17) is 4.74 Å². The minimum atomic E-state index is -0.703. The zero-order valence-electron chi connectivity index (χ0n) is 16.5. The van der Waals surface area contributed by atoms with Crippen LogP contribution in [0.2, 0.25) is 0 Å². The summed E-state index contributed by atoms with van der Waals surface area (Å²) in [5.74, 6) is -0.470. The third-order valence-corrected chi connectivity index (χ3v) is 3.97. The summed E-state index contributed by atoms with van der Waals surface area (Å²) in [5, 5.41) is 2.83. The van der Waals surface area contributed by atoms with E-state index in [2.05, 4.69) is 33.4 Å². The SMILES string of the molecule is CCCCCCCCCC(=O)OC(C)C(=O)NCCC[N+](C)(C)C. The molecule has 0 aliphatic heterocycles. The van der Waals surface area contributed by atoms with Crippen LogP contribution in [0.4, 0.5) is 0 Å². The molecule has 1 atom stereocenters. The van der Waals surface area contributed by atoms with E-state index >= 15 is 0 Å². The fourth-order valence-electron chi connectivity index (χ4n) is 2.44. The maximum Gasteiger partial charge on any atom is 0.306 e. The van der Waals surface area contributed by atoms with Crippen LogP contribution in [0.3, 0.4) is 0 Å². The minimum Gasteiger partial charge on any atom is -0.453 e. The summed E-state index contributed by atoms with van der Waals surface area (Å²) in [7, 11) is 6.36. The molecule has 0 spiro atoms. The first kappa shape index (κ1) is 22.9. The third kappa shape index (κ3) is 14.5. The number of amides is 1. The molecule has 0 aromatic heterocycles. The van der Waals surface area contributed by atoms with Gasteiger partial charge in [-0.2, -0.15) is 0 Å². The highest BCUT2D eigenvalue weighted by atomic mass is 16.5. The average molecular weight is 344 g/mol. The van der Waals surface area contributed by atoms with E-state index in [1.807, 2.05) is 0 Å². The maximum absolute atomic E-state index is 11.9. The minimum absolute atomic E-state index is 0.204. The molecule has 24 heavy (non-hydrogen) atoms. The molecule has 0 saturated carbocycles. The van der Waals surface area contributed by atoms with Crippen molar-refractivity contribution in [3.05, 3.63) is 0 Å². The molecule has 0 aliphatic rings. The molecule has 1 N–H and O–H groups in total. The van der Waals surface area contributed by atoms with Gasteiger partial charge in [0.2, 0.25) is 0 Å². The lowest BCUT2D eigenvalue weighted by Gasteiger charge is -2.23. The van der Waals surface area contributed by atoms with Crippen LogP contribution in [-0.4, -0.2) is 56.7 Å². The van der Waals surface area contributed by atoms with Crippen LogP contribution >= 0.6 is 0 Å². The molecule has 0 saturated heterocycles. The van der Waals surface area contributed by atoms with Crippen molar-refractivity contribution in [2.24, 2.45) is 0 Å². The van der Waals surface area contributed by atoms with Crippen LogP contribution in [0.15, 0.2) is 0 Å². The molecule has 0 fully saturated rings. The number of esters is 1. The Morgan fingerprint density at radius 1 is 0.958 bits per heavy atom. The topological polar surface area (TPSA) is 55.4 Å². The van der Waals surface area contributed by atoms with E-state index in [1.165, 1.54) is 32.1 Å². The van der Waals surface area contributed by atoms with Gasteiger partial charge in [0, 0.05) is 19.4 Å². The number of hydrogen-bond acceptors (Lipinski definition) is 3. The summed E-state index contributed by atoms with van der Waals surface area (Å²) in [6.45, 7) is 5.45. The molecular formula is C19H39N2O3+. The van der Waals surface area contributed by atoms with E-state index < -0.39 is 6.10 Å². The molecule has 1 unspecified atom stereocenters. The summed E-state index contributed by atoms with van der Waals surface area (Å²) in [6, 6.07) is 0. The fourth-order valence-corrected chi connectivity index (χ4v) is 2.44. The van der Waals surface area contributed by atoms with Crippen molar-refractivity contribution in [1.82, 2.24) is 5.32 Å². The first-order valence-corrected chi connectivity index (χ1v) is 9.54. The number of carbonyl (C=O) groups excluding carboxylic acids is 2. The highest BCUT2D eigenvalue weighted by Crippen LogP contribution is 2.09. The summed E-state index contributed by atoms with van der Waals surface area (Å²) >= 11 is 0. The normalized spacial score (nSPS) is 12.7. The van der Waals surface area contributed by atoms with Crippen LogP contribution in [0.1, 0.15) is 71.6 Å². The largest absolute Gasteiger partial charge is 0.453 e. The van der Waals surface area contributed by atoms with Crippen molar-refractivity contribution >= 4 is 11.9 Å². The fraction of sp³-hybridized carbons (Fsp3) is 0.895. The van der Waals surface area contributed by atoms with Gasteiger partial charge in [-0.1, -0.05) is 45.4 Å². The second-order valence-electron chi connectivity index (χ2n) is 7.66. The van der Waals surface area contributed by atoms with Gasteiger partial charge in [0.15, 0.2) is 6.10 Å². The van der Waals surface area contributed by atoms with Crippen molar-refractivity contribution in [3.8, 4) is 0 Å². The van der Waals surface area contributed by atoms with Crippen LogP contribution in [0, 0.1) is 0 Å². The van der Waals surface area contributed by atoms with E-state index in [-0.39, 0.29) is 11.9 Å². The molecule has 0 bridgehead atoms. The molecule has 5 heteroatoms. The lowest BCUT2D eigenvalue weighted by Crippen LogP contribution is -2.40.